The number of aromatic nitrogens is 2. The highest BCUT2D eigenvalue weighted by atomic mass is 16.4. The summed E-state index contributed by atoms with van der Waals surface area (Å²) in [5.74, 6) is -0.633. The molecule has 8 heteroatoms. The Labute approximate surface area is 116 Å². The van der Waals surface area contributed by atoms with Crippen molar-refractivity contribution < 1.29 is 19.1 Å². The fraction of sp³-hybridized carbons (Fsp3) is 0.667. The number of anilines is 1. The van der Waals surface area contributed by atoms with Gasteiger partial charge >= 0.3 is 12.0 Å². The molecule has 1 amide bonds. The van der Waals surface area contributed by atoms with Gasteiger partial charge in [-0.25, -0.2) is 0 Å². The summed E-state index contributed by atoms with van der Waals surface area (Å²) < 4.78 is 5.06. The molecule has 0 atom stereocenters. The number of nitrogens with one attached hydrogen (secondary N) is 1. The first-order chi connectivity index (χ1) is 9.39. The highest BCUT2D eigenvalue weighted by molar-refractivity contribution is 5.90. The molecule has 0 bridgehead atoms. The number of aryl methyl sites for hydroxylation is 1. The predicted molar refractivity (Wildman–Crippen MR) is 69.1 cm³/mol. The van der Waals surface area contributed by atoms with Crippen molar-refractivity contribution in [1.82, 2.24) is 15.1 Å². The van der Waals surface area contributed by atoms with Crippen molar-refractivity contribution in [3.63, 3.8) is 0 Å². The van der Waals surface area contributed by atoms with Crippen molar-refractivity contribution in [3.8, 4) is 0 Å². The van der Waals surface area contributed by atoms with Gasteiger partial charge in [-0.2, -0.15) is 0 Å². The van der Waals surface area contributed by atoms with Gasteiger partial charge in [0.2, 0.25) is 11.8 Å². The summed E-state index contributed by atoms with van der Waals surface area (Å²) in [4.78, 5) is 24.8. The predicted octanol–water partition coefficient (Wildman–Crippen LogP) is 0.503. The minimum atomic E-state index is -0.775. The van der Waals surface area contributed by atoms with E-state index in [4.69, 9.17) is 9.52 Å². The van der Waals surface area contributed by atoms with Crippen molar-refractivity contribution in [2.24, 2.45) is 5.41 Å². The molecule has 1 saturated heterocycles. The number of carboxylic acid groups (broad SMARTS) is 1. The molecule has 2 rings (SSSR count). The number of carbonyl (C=O) groups excluding carboxylic acids is 1. The van der Waals surface area contributed by atoms with E-state index in [1.165, 1.54) is 0 Å². The maximum atomic E-state index is 11.8. The first-order valence-corrected chi connectivity index (χ1v) is 6.45. The Morgan fingerprint density at radius 2 is 2.05 bits per heavy atom. The molecule has 20 heavy (non-hydrogen) atoms. The molecule has 1 aliphatic rings. The second-order valence-corrected chi connectivity index (χ2v) is 5.32. The van der Waals surface area contributed by atoms with Crippen LogP contribution in [0.5, 0.6) is 0 Å². The van der Waals surface area contributed by atoms with E-state index in [1.807, 2.05) is 4.90 Å². The molecule has 0 radical (unpaired) electrons. The summed E-state index contributed by atoms with van der Waals surface area (Å²) in [5.41, 5.74) is -0.684. The highest BCUT2D eigenvalue weighted by Crippen LogP contribution is 2.30. The molecule has 0 aliphatic carbocycles. The summed E-state index contributed by atoms with van der Waals surface area (Å²) in [6, 6.07) is 0.0832. The summed E-state index contributed by atoms with van der Waals surface area (Å²) >= 11 is 0. The van der Waals surface area contributed by atoms with Gasteiger partial charge in [0.25, 0.3) is 0 Å². The molecule has 110 valence electrons. The van der Waals surface area contributed by atoms with Crippen molar-refractivity contribution in [2.45, 2.75) is 26.7 Å². The second-order valence-electron chi connectivity index (χ2n) is 5.32. The summed E-state index contributed by atoms with van der Waals surface area (Å²) in [7, 11) is 0. The molecule has 0 saturated carbocycles. The number of carbonyl (C=O) groups is 2. The SMILES string of the molecule is Cc1nnc(NC(=O)CN2CCC(C)(C(=O)O)CC2)o1. The van der Waals surface area contributed by atoms with Crippen molar-refractivity contribution >= 4 is 17.9 Å². The maximum absolute atomic E-state index is 11.8. The van der Waals surface area contributed by atoms with E-state index in [1.54, 1.807) is 13.8 Å². The minimum absolute atomic E-state index is 0.0832. The van der Waals surface area contributed by atoms with Crippen LogP contribution in [-0.4, -0.2) is 51.7 Å². The monoisotopic (exact) mass is 282 g/mol. The van der Waals surface area contributed by atoms with Gasteiger partial charge in [0.1, 0.15) is 0 Å². The number of hydrogen-bond donors (Lipinski definition) is 2. The quantitative estimate of drug-likeness (QED) is 0.827. The Kier molecular flexibility index (Phi) is 4.03. The van der Waals surface area contributed by atoms with Gasteiger partial charge in [-0.3, -0.25) is 19.8 Å². The fourth-order valence-corrected chi connectivity index (χ4v) is 2.13. The van der Waals surface area contributed by atoms with Crippen LogP contribution in [-0.2, 0) is 9.59 Å². The Balaban J connectivity index is 1.80. The van der Waals surface area contributed by atoms with E-state index in [0.29, 0.717) is 31.8 Å². The average Bonchev–Trinajstić information content (AvgIpc) is 2.77. The smallest absolute Gasteiger partial charge is 0.322 e. The molecule has 1 aromatic rings. The third-order valence-corrected chi connectivity index (χ3v) is 3.62. The number of nitrogens with zero attached hydrogens (tertiary/aromatic N) is 3. The van der Waals surface area contributed by atoms with E-state index in [-0.39, 0.29) is 18.5 Å². The number of hydrogen-bond acceptors (Lipinski definition) is 6. The normalized spacial score (nSPS) is 18.7. The zero-order chi connectivity index (χ0) is 14.8. The summed E-state index contributed by atoms with van der Waals surface area (Å²) in [6.45, 7) is 4.74. The number of likely N-dealkylation sites (tertiary alicyclic amines) is 1. The molecular formula is C12H18N4O4. The van der Waals surface area contributed by atoms with Crippen LogP contribution in [0.1, 0.15) is 25.7 Å². The second kappa shape index (κ2) is 5.58. The zero-order valence-electron chi connectivity index (χ0n) is 11.5. The van der Waals surface area contributed by atoms with Gasteiger partial charge in [-0.15, -0.1) is 5.10 Å². The van der Waals surface area contributed by atoms with Crippen molar-refractivity contribution in [2.75, 3.05) is 25.0 Å². The van der Waals surface area contributed by atoms with Gasteiger partial charge in [-0.05, 0) is 32.9 Å². The van der Waals surface area contributed by atoms with E-state index < -0.39 is 11.4 Å². The lowest BCUT2D eigenvalue weighted by molar-refractivity contribution is -0.150. The van der Waals surface area contributed by atoms with Crippen LogP contribution in [0.15, 0.2) is 4.42 Å². The third-order valence-electron chi connectivity index (χ3n) is 3.62. The number of aliphatic carboxylic acids is 1. The van der Waals surface area contributed by atoms with Crippen LogP contribution in [0, 0.1) is 12.3 Å². The number of piperidine rings is 1. The Hall–Kier alpha value is -1.96. The van der Waals surface area contributed by atoms with E-state index in [0.717, 1.165) is 0 Å². The minimum Gasteiger partial charge on any atom is -0.481 e. The van der Waals surface area contributed by atoms with Crippen molar-refractivity contribution in [3.05, 3.63) is 5.89 Å². The Morgan fingerprint density at radius 3 is 2.55 bits per heavy atom. The lowest BCUT2D eigenvalue weighted by Crippen LogP contribution is -2.45. The molecule has 2 N–H and O–H groups in total. The van der Waals surface area contributed by atoms with Crippen LogP contribution < -0.4 is 5.32 Å². The topological polar surface area (TPSA) is 109 Å². The van der Waals surface area contributed by atoms with Crippen LogP contribution >= 0.6 is 0 Å². The van der Waals surface area contributed by atoms with Crippen LogP contribution in [0.3, 0.4) is 0 Å². The lowest BCUT2D eigenvalue weighted by atomic mass is 9.80. The van der Waals surface area contributed by atoms with Gasteiger partial charge in [-0.1, -0.05) is 5.10 Å². The van der Waals surface area contributed by atoms with Crippen LogP contribution in [0.4, 0.5) is 6.01 Å². The number of rotatable bonds is 4. The first-order valence-electron chi connectivity index (χ1n) is 6.45. The molecule has 1 fully saturated rings. The van der Waals surface area contributed by atoms with Gasteiger partial charge in [0.05, 0.1) is 12.0 Å². The largest absolute Gasteiger partial charge is 0.481 e. The van der Waals surface area contributed by atoms with Gasteiger partial charge in [0, 0.05) is 6.92 Å². The summed E-state index contributed by atoms with van der Waals surface area (Å²) in [5, 5.41) is 18.9. The molecule has 1 aliphatic heterocycles. The molecule has 2 heterocycles. The van der Waals surface area contributed by atoms with Crippen molar-refractivity contribution in [1.29, 1.82) is 0 Å². The zero-order valence-corrected chi connectivity index (χ0v) is 11.5. The third kappa shape index (κ3) is 3.32. The molecule has 0 unspecified atom stereocenters. The van der Waals surface area contributed by atoms with Gasteiger partial charge in [0.15, 0.2) is 0 Å². The average molecular weight is 282 g/mol. The van der Waals surface area contributed by atoms with E-state index >= 15 is 0 Å². The standard InChI is InChI=1S/C12H18N4O4/c1-8-14-15-11(20-8)13-9(17)7-16-5-3-12(2,4-6-16)10(18)19/h3-7H2,1-2H3,(H,18,19)(H,13,15,17). The molecule has 1 aromatic heterocycles. The maximum Gasteiger partial charge on any atom is 0.322 e. The van der Waals surface area contributed by atoms with Crippen LogP contribution in [0.2, 0.25) is 0 Å². The molecule has 8 nitrogen and oxygen atoms in total. The Morgan fingerprint density at radius 1 is 1.40 bits per heavy atom. The molecular weight excluding hydrogens is 264 g/mol. The molecule has 0 aromatic carbocycles. The molecule has 0 spiro atoms. The lowest BCUT2D eigenvalue weighted by Gasteiger charge is -2.35. The highest BCUT2D eigenvalue weighted by Gasteiger charge is 2.37. The number of amides is 1. The number of carboxylic acids is 1. The van der Waals surface area contributed by atoms with E-state index in [9.17, 15) is 9.59 Å². The first kappa shape index (κ1) is 14.4. The summed E-state index contributed by atoms with van der Waals surface area (Å²) in [6.07, 6.45) is 1.07. The van der Waals surface area contributed by atoms with Crippen LogP contribution in [0.25, 0.3) is 0 Å². The fourth-order valence-electron chi connectivity index (χ4n) is 2.13. The van der Waals surface area contributed by atoms with E-state index in [2.05, 4.69) is 15.5 Å². The van der Waals surface area contributed by atoms with Gasteiger partial charge < -0.3 is 9.52 Å². The Bertz CT molecular complexity index is 505.